The number of Topliss-reactive ketones (excluding diaryl/α,β-unsaturated/α-hetero) is 3. The Morgan fingerprint density at radius 3 is 2.22 bits per heavy atom. The fraction of sp³-hybridized carbons (Fsp3) is 0.167. The second kappa shape index (κ2) is 10.0. The largest absolute Gasteiger partial charge is 0.331 e. The molecule has 0 spiro atoms. The molecular weight excluding hydrogens is 486 g/mol. The monoisotopic (exact) mass is 509 g/mol. The highest BCUT2D eigenvalue weighted by molar-refractivity contribution is 7.25. The predicted molar refractivity (Wildman–Crippen MR) is 145 cm³/mol. The van der Waals surface area contributed by atoms with Gasteiger partial charge in [0.15, 0.2) is 11.6 Å². The van der Waals surface area contributed by atoms with Crippen molar-refractivity contribution in [2.75, 3.05) is 0 Å². The zero-order valence-corrected chi connectivity index (χ0v) is 21.2. The number of fused-ring (bicyclic) bond motifs is 4. The normalized spacial score (nSPS) is 13.4. The standard InChI is InChI=1S/C30H23NO5S/c1-3-4-9-25(31-36-17(2)32)28(33)19-11-13-27-23(16-19)22-14-18(10-12-26(22)37-27)15-24-29(34)20-7-5-6-8-21(20)30(24)35/h5-8,10-16H,3-4,9H2,1-2H3/b31-25+. The first kappa shape index (κ1) is 24.5. The molecule has 3 aromatic carbocycles. The molecule has 0 fully saturated rings. The maximum atomic E-state index is 13.2. The van der Waals surface area contributed by atoms with Crippen molar-refractivity contribution in [2.24, 2.45) is 5.16 Å². The van der Waals surface area contributed by atoms with Gasteiger partial charge in [0.1, 0.15) is 5.71 Å². The van der Waals surface area contributed by atoms with Crippen LogP contribution in [-0.4, -0.2) is 29.0 Å². The Kier molecular flexibility index (Phi) is 6.63. The van der Waals surface area contributed by atoms with Crippen LogP contribution < -0.4 is 0 Å². The van der Waals surface area contributed by atoms with Gasteiger partial charge < -0.3 is 4.84 Å². The molecule has 0 atom stereocenters. The highest BCUT2D eigenvalue weighted by Gasteiger charge is 2.32. The number of hydrogen-bond acceptors (Lipinski definition) is 7. The van der Waals surface area contributed by atoms with Crippen molar-refractivity contribution < 1.29 is 24.0 Å². The molecule has 0 N–H and O–H groups in total. The first-order valence-electron chi connectivity index (χ1n) is 12.0. The molecule has 1 aromatic heterocycles. The molecule has 37 heavy (non-hydrogen) atoms. The van der Waals surface area contributed by atoms with E-state index in [1.165, 1.54) is 6.92 Å². The molecule has 1 aliphatic rings. The summed E-state index contributed by atoms with van der Waals surface area (Å²) in [4.78, 5) is 54.9. The molecular formula is C30H23NO5S. The van der Waals surface area contributed by atoms with Crippen LogP contribution >= 0.6 is 11.3 Å². The van der Waals surface area contributed by atoms with Gasteiger partial charge in [-0.15, -0.1) is 11.3 Å². The molecule has 5 rings (SSSR count). The van der Waals surface area contributed by atoms with Crippen molar-refractivity contribution in [1.29, 1.82) is 0 Å². The minimum Gasteiger partial charge on any atom is -0.318 e. The summed E-state index contributed by atoms with van der Waals surface area (Å²) in [6.45, 7) is 3.25. The van der Waals surface area contributed by atoms with Gasteiger partial charge in [-0.2, -0.15) is 0 Å². The Bertz CT molecular complexity index is 1640. The summed E-state index contributed by atoms with van der Waals surface area (Å²) >= 11 is 1.60. The van der Waals surface area contributed by atoms with Gasteiger partial charge in [0.25, 0.3) is 0 Å². The predicted octanol–water partition coefficient (Wildman–Crippen LogP) is 6.81. The molecule has 0 saturated heterocycles. The summed E-state index contributed by atoms with van der Waals surface area (Å²) in [7, 11) is 0. The average molecular weight is 510 g/mol. The van der Waals surface area contributed by atoms with Gasteiger partial charge in [0.05, 0.1) is 5.57 Å². The molecule has 4 aromatic rings. The Balaban J connectivity index is 1.54. The number of oxime groups is 1. The quantitative estimate of drug-likeness (QED) is 0.0682. The van der Waals surface area contributed by atoms with E-state index in [0.29, 0.717) is 23.1 Å². The fourth-order valence-electron chi connectivity index (χ4n) is 4.43. The van der Waals surface area contributed by atoms with Gasteiger partial charge in [-0.1, -0.05) is 48.8 Å². The molecule has 0 saturated carbocycles. The maximum Gasteiger partial charge on any atom is 0.331 e. The van der Waals surface area contributed by atoms with Gasteiger partial charge in [0.2, 0.25) is 5.78 Å². The minimum atomic E-state index is -0.579. The number of ketones is 3. The number of rotatable bonds is 7. The molecule has 1 heterocycles. The van der Waals surface area contributed by atoms with Crippen LogP contribution in [0.1, 0.15) is 69.7 Å². The highest BCUT2D eigenvalue weighted by Crippen LogP contribution is 2.36. The number of nitrogens with zero attached hydrogens (tertiary/aromatic N) is 1. The Labute approximate surface area is 217 Å². The highest BCUT2D eigenvalue weighted by atomic mass is 32.1. The zero-order valence-electron chi connectivity index (χ0n) is 20.4. The lowest BCUT2D eigenvalue weighted by molar-refractivity contribution is -0.140. The van der Waals surface area contributed by atoms with E-state index in [1.54, 1.807) is 47.7 Å². The minimum absolute atomic E-state index is 0.151. The summed E-state index contributed by atoms with van der Waals surface area (Å²) in [5.41, 5.74) is 2.40. The smallest absolute Gasteiger partial charge is 0.318 e. The Morgan fingerprint density at radius 2 is 1.57 bits per heavy atom. The number of hydrogen-bond donors (Lipinski definition) is 0. The first-order valence-corrected chi connectivity index (χ1v) is 12.8. The fourth-order valence-corrected chi connectivity index (χ4v) is 5.49. The van der Waals surface area contributed by atoms with Crippen molar-refractivity contribution in [3.05, 3.63) is 88.5 Å². The third-order valence-corrected chi connectivity index (χ3v) is 7.44. The number of unbranched alkanes of at least 4 members (excludes halogenated alkanes) is 1. The number of benzene rings is 3. The summed E-state index contributed by atoms with van der Waals surface area (Å²) in [5, 5.41) is 5.63. The summed E-state index contributed by atoms with van der Waals surface area (Å²) < 4.78 is 2.03. The molecule has 184 valence electrons. The zero-order chi connectivity index (χ0) is 26.1. The van der Waals surface area contributed by atoms with Crippen LogP contribution in [0.4, 0.5) is 0 Å². The van der Waals surface area contributed by atoms with E-state index < -0.39 is 5.97 Å². The lowest BCUT2D eigenvalue weighted by Crippen LogP contribution is -2.15. The lowest BCUT2D eigenvalue weighted by atomic mass is 10.00. The van der Waals surface area contributed by atoms with E-state index in [1.807, 2.05) is 37.3 Å². The third-order valence-electron chi connectivity index (χ3n) is 6.29. The topological polar surface area (TPSA) is 89.9 Å². The molecule has 7 heteroatoms. The van der Waals surface area contributed by atoms with E-state index >= 15 is 0 Å². The van der Waals surface area contributed by atoms with Crippen LogP contribution in [0.15, 0.2) is 71.4 Å². The van der Waals surface area contributed by atoms with Gasteiger partial charge >= 0.3 is 5.97 Å². The van der Waals surface area contributed by atoms with E-state index in [2.05, 4.69) is 5.16 Å². The van der Waals surface area contributed by atoms with Crippen LogP contribution in [0.5, 0.6) is 0 Å². The van der Waals surface area contributed by atoms with Crippen molar-refractivity contribution in [1.82, 2.24) is 0 Å². The van der Waals surface area contributed by atoms with Crippen molar-refractivity contribution in [3.8, 4) is 0 Å². The molecule has 1 aliphatic carbocycles. The summed E-state index contributed by atoms with van der Waals surface area (Å²) in [5.74, 6) is -1.40. The van der Waals surface area contributed by atoms with E-state index in [0.717, 1.165) is 38.6 Å². The lowest BCUT2D eigenvalue weighted by Gasteiger charge is -2.05. The van der Waals surface area contributed by atoms with E-state index in [-0.39, 0.29) is 28.6 Å². The molecule has 0 bridgehead atoms. The van der Waals surface area contributed by atoms with Gasteiger partial charge in [-0.05, 0) is 54.8 Å². The molecule has 0 aliphatic heterocycles. The van der Waals surface area contributed by atoms with Gasteiger partial charge in [0, 0.05) is 43.8 Å². The molecule has 0 unspecified atom stereocenters. The molecule has 0 amide bonds. The second-order valence-electron chi connectivity index (χ2n) is 8.88. The van der Waals surface area contributed by atoms with Crippen LogP contribution in [0.2, 0.25) is 0 Å². The maximum absolute atomic E-state index is 13.2. The number of allylic oxidation sites excluding steroid dienone is 1. The van der Waals surface area contributed by atoms with Gasteiger partial charge in [-0.25, -0.2) is 4.79 Å². The number of thiophene rings is 1. The van der Waals surface area contributed by atoms with Crippen LogP contribution in [-0.2, 0) is 9.63 Å². The van der Waals surface area contributed by atoms with E-state index in [4.69, 9.17) is 4.84 Å². The number of carbonyl (C=O) groups is 4. The number of carbonyl (C=O) groups excluding carboxylic acids is 4. The first-order chi connectivity index (χ1) is 17.9. The van der Waals surface area contributed by atoms with Gasteiger partial charge in [-0.3, -0.25) is 14.4 Å². The Hall–Kier alpha value is -4.23. The molecule has 6 nitrogen and oxygen atoms in total. The van der Waals surface area contributed by atoms with E-state index in [9.17, 15) is 19.2 Å². The second-order valence-corrected chi connectivity index (χ2v) is 9.97. The Morgan fingerprint density at radius 1 is 0.919 bits per heavy atom. The van der Waals surface area contributed by atoms with Crippen molar-refractivity contribution >= 4 is 66.6 Å². The van der Waals surface area contributed by atoms with Crippen LogP contribution in [0.3, 0.4) is 0 Å². The SMILES string of the molecule is CCCC/C(=N\OC(C)=O)C(=O)c1ccc2sc3ccc(C=C4C(=O)c5ccccc5C4=O)cc3c2c1. The van der Waals surface area contributed by atoms with Crippen molar-refractivity contribution in [2.45, 2.75) is 33.1 Å². The molecule has 0 radical (unpaired) electrons. The van der Waals surface area contributed by atoms with Crippen molar-refractivity contribution in [3.63, 3.8) is 0 Å². The average Bonchev–Trinajstić information content (AvgIpc) is 3.38. The van der Waals surface area contributed by atoms with Crippen LogP contribution in [0.25, 0.3) is 26.2 Å². The summed E-state index contributed by atoms with van der Waals surface area (Å²) in [6, 6.07) is 18.1. The third kappa shape index (κ3) is 4.66. The van der Waals surface area contributed by atoms with Crippen LogP contribution in [0, 0.1) is 0 Å². The summed E-state index contributed by atoms with van der Waals surface area (Å²) in [6.07, 6.45) is 3.66.